The van der Waals surface area contributed by atoms with Crippen LogP contribution in [0.1, 0.15) is 69.2 Å². The molecule has 192 valence electrons. The fourth-order valence-corrected chi connectivity index (χ4v) is 5.93. The van der Waals surface area contributed by atoms with Crippen LogP contribution in [0.3, 0.4) is 0 Å². The van der Waals surface area contributed by atoms with Gasteiger partial charge < -0.3 is 20.1 Å². The summed E-state index contributed by atoms with van der Waals surface area (Å²) in [6.45, 7) is 4.41. The van der Waals surface area contributed by atoms with E-state index >= 15 is 0 Å². The van der Waals surface area contributed by atoms with E-state index in [2.05, 4.69) is 30.7 Å². The van der Waals surface area contributed by atoms with Gasteiger partial charge in [0.2, 0.25) is 0 Å². The topological polar surface area (TPSA) is 135 Å². The number of pyridine rings is 1. The second kappa shape index (κ2) is 9.31. The second-order valence-electron chi connectivity index (χ2n) is 10.3. The number of nitrogens with zero attached hydrogens (tertiary/aromatic N) is 6. The van der Waals surface area contributed by atoms with E-state index in [0.29, 0.717) is 29.4 Å². The summed E-state index contributed by atoms with van der Waals surface area (Å²) >= 11 is 0. The van der Waals surface area contributed by atoms with Gasteiger partial charge in [0.1, 0.15) is 12.9 Å². The minimum absolute atomic E-state index is 0.125. The van der Waals surface area contributed by atoms with Gasteiger partial charge in [-0.1, -0.05) is 6.07 Å². The highest BCUT2D eigenvalue weighted by atomic mass is 16.5. The summed E-state index contributed by atoms with van der Waals surface area (Å²) in [7, 11) is 0. The number of benzene rings is 1. The third-order valence-electron chi connectivity index (χ3n) is 8.25. The molecule has 1 amide bonds. The second-order valence-corrected chi connectivity index (χ2v) is 10.3. The molecule has 37 heavy (non-hydrogen) atoms. The van der Waals surface area contributed by atoms with Gasteiger partial charge in [-0.2, -0.15) is 4.68 Å². The zero-order valence-corrected chi connectivity index (χ0v) is 20.6. The Morgan fingerprint density at radius 2 is 2.16 bits per heavy atom. The first-order valence-electron chi connectivity index (χ1n) is 12.7. The Hall–Kier alpha value is -3.70. The Kier molecular flexibility index (Phi) is 5.96. The van der Waals surface area contributed by atoms with Crippen molar-refractivity contribution in [2.45, 2.75) is 50.9 Å². The lowest BCUT2D eigenvalue weighted by atomic mass is 9.67. The Labute approximate surface area is 213 Å². The number of hydrogen-bond acceptors (Lipinski definition) is 9. The third kappa shape index (κ3) is 4.27. The summed E-state index contributed by atoms with van der Waals surface area (Å²) in [5.41, 5.74) is 3.50. The van der Waals surface area contributed by atoms with Gasteiger partial charge in [0, 0.05) is 30.4 Å². The first-order chi connectivity index (χ1) is 17.9. The molecule has 2 N–H and O–H groups in total. The van der Waals surface area contributed by atoms with Gasteiger partial charge in [0.05, 0.1) is 17.2 Å². The van der Waals surface area contributed by atoms with Crippen LogP contribution < -0.4 is 5.32 Å². The minimum Gasteiger partial charge on any atom is -0.457 e. The molecule has 11 heteroatoms. The number of β-amino-alcohol motifs (C(OH)–C–C–N with tert-alkyl or cyclic N) is 1. The van der Waals surface area contributed by atoms with Gasteiger partial charge in [-0.3, -0.25) is 4.79 Å². The Morgan fingerprint density at radius 1 is 1.30 bits per heavy atom. The van der Waals surface area contributed by atoms with E-state index in [1.54, 1.807) is 24.4 Å². The number of cyclic esters (lactones) is 1. The van der Waals surface area contributed by atoms with Crippen LogP contribution in [-0.4, -0.2) is 72.2 Å². The number of aliphatic hydroxyl groups is 1. The molecule has 1 aliphatic carbocycles. The van der Waals surface area contributed by atoms with Crippen molar-refractivity contribution in [3.05, 3.63) is 64.6 Å². The van der Waals surface area contributed by atoms with Gasteiger partial charge in [-0.25, -0.2) is 9.78 Å². The van der Waals surface area contributed by atoms with Gasteiger partial charge >= 0.3 is 5.97 Å². The first kappa shape index (κ1) is 23.7. The number of carbonyl (C=O) groups is 2. The SMILES string of the molecule is Cc1c([C@@H](O)CN2CCC(C3(NC(=O)c4ccc(-n5cnnn5)nc4)CCC3)C2)ccc2c1COC2=O. The molecule has 6 rings (SSSR count). The molecule has 3 aliphatic rings. The van der Waals surface area contributed by atoms with Crippen LogP contribution >= 0.6 is 0 Å². The Balaban J connectivity index is 1.09. The number of likely N-dealkylation sites (tertiary alicyclic amines) is 1. The van der Waals surface area contributed by atoms with Gasteiger partial charge in [-0.15, -0.1) is 5.10 Å². The number of fused-ring (bicyclic) bond motifs is 1. The van der Waals surface area contributed by atoms with Crippen LogP contribution in [0.2, 0.25) is 0 Å². The summed E-state index contributed by atoms with van der Waals surface area (Å²) in [6, 6.07) is 7.05. The van der Waals surface area contributed by atoms with Crippen LogP contribution in [0.15, 0.2) is 36.8 Å². The fraction of sp³-hybridized carbons (Fsp3) is 0.462. The van der Waals surface area contributed by atoms with Crippen LogP contribution in [-0.2, 0) is 11.3 Å². The highest BCUT2D eigenvalue weighted by Gasteiger charge is 2.47. The largest absolute Gasteiger partial charge is 0.457 e. The molecule has 1 unspecified atom stereocenters. The lowest BCUT2D eigenvalue weighted by molar-refractivity contribution is 0.0534. The molecule has 0 bridgehead atoms. The molecular weight excluding hydrogens is 474 g/mol. The zero-order valence-electron chi connectivity index (χ0n) is 20.6. The standard InChI is InChI=1S/C26H29N7O4/c1-16-19(4-5-20-21(16)14-37-25(20)36)22(34)13-32-10-7-18(12-32)26(8-2-9-26)29-24(35)17-3-6-23(27-11-17)33-15-28-30-31-33/h3-6,11,15,18,22,34H,2,7-10,12-14H2,1H3,(H,29,35)/t18?,22-/m0/s1. The van der Waals surface area contributed by atoms with E-state index in [1.165, 1.54) is 11.0 Å². The van der Waals surface area contributed by atoms with Gasteiger partial charge in [0.25, 0.3) is 5.91 Å². The highest BCUT2D eigenvalue weighted by Crippen LogP contribution is 2.43. The van der Waals surface area contributed by atoms with Crippen molar-refractivity contribution >= 4 is 11.9 Å². The van der Waals surface area contributed by atoms with E-state index < -0.39 is 6.10 Å². The first-order valence-corrected chi connectivity index (χ1v) is 12.7. The number of nitrogens with one attached hydrogen (secondary N) is 1. The predicted octanol–water partition coefficient (Wildman–Crippen LogP) is 1.74. The van der Waals surface area contributed by atoms with Crippen molar-refractivity contribution in [3.8, 4) is 5.82 Å². The van der Waals surface area contributed by atoms with Crippen molar-refractivity contribution in [2.24, 2.45) is 5.92 Å². The molecule has 2 atom stereocenters. The number of ether oxygens (including phenoxy) is 1. The minimum atomic E-state index is -0.656. The third-order valence-corrected chi connectivity index (χ3v) is 8.25. The molecule has 0 spiro atoms. The lowest BCUT2D eigenvalue weighted by Gasteiger charge is -2.47. The number of tetrazole rings is 1. The van der Waals surface area contributed by atoms with Crippen molar-refractivity contribution in [2.75, 3.05) is 19.6 Å². The van der Waals surface area contributed by atoms with E-state index in [0.717, 1.165) is 55.5 Å². The monoisotopic (exact) mass is 503 g/mol. The van der Waals surface area contributed by atoms with Crippen LogP contribution in [0.5, 0.6) is 0 Å². The molecule has 2 aromatic heterocycles. The molecule has 2 fully saturated rings. The fourth-order valence-electron chi connectivity index (χ4n) is 5.93. The maximum absolute atomic E-state index is 13.1. The number of amides is 1. The van der Waals surface area contributed by atoms with Crippen molar-refractivity contribution in [1.82, 2.24) is 35.4 Å². The number of carbonyl (C=O) groups excluding carboxylic acids is 2. The lowest BCUT2D eigenvalue weighted by Crippen LogP contribution is -2.59. The number of aromatic nitrogens is 5. The molecule has 4 heterocycles. The molecule has 11 nitrogen and oxygen atoms in total. The quantitative estimate of drug-likeness (QED) is 0.462. The average molecular weight is 504 g/mol. The molecular formula is C26H29N7O4. The molecule has 1 aromatic carbocycles. The van der Waals surface area contributed by atoms with Gasteiger partial charge in [-0.05, 0) is 84.8 Å². The predicted molar refractivity (Wildman–Crippen MR) is 131 cm³/mol. The summed E-state index contributed by atoms with van der Waals surface area (Å²) in [5, 5.41) is 25.4. The molecule has 1 saturated heterocycles. The van der Waals surface area contributed by atoms with E-state index in [1.807, 2.05) is 13.0 Å². The highest BCUT2D eigenvalue weighted by molar-refractivity contribution is 5.95. The molecule has 0 radical (unpaired) electrons. The summed E-state index contributed by atoms with van der Waals surface area (Å²) < 4.78 is 6.59. The molecule has 2 aliphatic heterocycles. The Bertz CT molecular complexity index is 1320. The molecule has 1 saturated carbocycles. The van der Waals surface area contributed by atoms with Crippen molar-refractivity contribution < 1.29 is 19.4 Å². The Morgan fingerprint density at radius 3 is 2.86 bits per heavy atom. The average Bonchev–Trinajstić information content (AvgIpc) is 3.64. The maximum Gasteiger partial charge on any atom is 0.338 e. The molecule has 3 aromatic rings. The summed E-state index contributed by atoms with van der Waals surface area (Å²) in [6.07, 6.45) is 6.31. The van der Waals surface area contributed by atoms with Crippen LogP contribution in [0.25, 0.3) is 5.82 Å². The number of aliphatic hydroxyl groups excluding tert-OH is 1. The van der Waals surface area contributed by atoms with Crippen LogP contribution in [0.4, 0.5) is 0 Å². The number of hydrogen-bond donors (Lipinski definition) is 2. The number of esters is 1. The van der Waals surface area contributed by atoms with Crippen LogP contribution in [0, 0.1) is 12.8 Å². The normalized spacial score (nSPS) is 21.2. The zero-order chi connectivity index (χ0) is 25.6. The summed E-state index contributed by atoms with van der Waals surface area (Å²) in [5.74, 6) is 0.439. The smallest absolute Gasteiger partial charge is 0.338 e. The number of rotatable bonds is 7. The maximum atomic E-state index is 13.1. The van der Waals surface area contributed by atoms with Gasteiger partial charge in [0.15, 0.2) is 5.82 Å². The van der Waals surface area contributed by atoms with Crippen molar-refractivity contribution in [3.63, 3.8) is 0 Å². The van der Waals surface area contributed by atoms with E-state index in [-0.39, 0.29) is 24.0 Å². The van der Waals surface area contributed by atoms with E-state index in [9.17, 15) is 14.7 Å². The van der Waals surface area contributed by atoms with Crippen molar-refractivity contribution in [1.29, 1.82) is 0 Å². The van der Waals surface area contributed by atoms with E-state index in [4.69, 9.17) is 4.74 Å². The summed E-state index contributed by atoms with van der Waals surface area (Å²) in [4.78, 5) is 31.6.